The van der Waals surface area contributed by atoms with Crippen LogP contribution in [0, 0.1) is 6.92 Å². The minimum atomic E-state index is -0.630. The molecule has 0 heterocycles. The number of carbonyl (C=O) groups is 2. The highest BCUT2D eigenvalue weighted by Crippen LogP contribution is 2.20. The number of amides is 2. The van der Waals surface area contributed by atoms with Crippen molar-refractivity contribution in [2.45, 2.75) is 45.7 Å². The van der Waals surface area contributed by atoms with Gasteiger partial charge in [0, 0.05) is 24.5 Å². The van der Waals surface area contributed by atoms with Crippen LogP contribution in [0.1, 0.15) is 35.6 Å². The Hall–Kier alpha value is -3.11. The molecule has 3 aromatic carbocycles. The van der Waals surface area contributed by atoms with Gasteiger partial charge in [-0.3, -0.25) is 9.59 Å². The second-order valence-corrected chi connectivity index (χ2v) is 8.68. The van der Waals surface area contributed by atoms with E-state index in [0.29, 0.717) is 24.5 Å². The number of rotatable bonds is 10. The number of hydrogen-bond donors (Lipinski definition) is 1. The Kier molecular flexibility index (Phi) is 9.08. The van der Waals surface area contributed by atoms with Crippen LogP contribution >= 0.6 is 11.6 Å². The number of halogens is 1. The molecule has 0 fully saturated rings. The highest BCUT2D eigenvalue weighted by Gasteiger charge is 2.30. The Balaban J connectivity index is 1.96. The van der Waals surface area contributed by atoms with Gasteiger partial charge in [0.2, 0.25) is 11.8 Å². The normalized spacial score (nSPS) is 11.6. The highest BCUT2D eigenvalue weighted by atomic mass is 35.5. The van der Waals surface area contributed by atoms with Crippen LogP contribution in [0.25, 0.3) is 0 Å². The van der Waals surface area contributed by atoms with Gasteiger partial charge in [-0.2, -0.15) is 0 Å². The van der Waals surface area contributed by atoms with E-state index in [1.54, 1.807) is 11.0 Å². The van der Waals surface area contributed by atoms with Crippen LogP contribution in [0.4, 0.5) is 0 Å². The summed E-state index contributed by atoms with van der Waals surface area (Å²) in [4.78, 5) is 28.7. The maximum absolute atomic E-state index is 13.7. The summed E-state index contributed by atoms with van der Waals surface area (Å²) in [5.74, 6) is -0.266. The molecule has 0 aliphatic carbocycles. The first-order valence-electron chi connectivity index (χ1n) is 11.4. The molecule has 2 amide bonds. The van der Waals surface area contributed by atoms with Crippen molar-refractivity contribution < 1.29 is 9.59 Å². The molecule has 33 heavy (non-hydrogen) atoms. The zero-order chi connectivity index (χ0) is 23.6. The lowest BCUT2D eigenvalue weighted by molar-refractivity contribution is -0.140. The monoisotopic (exact) mass is 462 g/mol. The van der Waals surface area contributed by atoms with E-state index in [0.717, 1.165) is 28.7 Å². The summed E-state index contributed by atoms with van der Waals surface area (Å²) in [6.07, 6.45) is 1.41. The van der Waals surface area contributed by atoms with Gasteiger partial charge >= 0.3 is 0 Å². The zero-order valence-electron chi connectivity index (χ0n) is 19.3. The molecule has 0 saturated carbocycles. The molecule has 0 aliphatic heterocycles. The van der Waals surface area contributed by atoms with E-state index in [1.165, 1.54) is 0 Å². The van der Waals surface area contributed by atoms with Crippen molar-refractivity contribution in [1.29, 1.82) is 0 Å². The van der Waals surface area contributed by atoms with Crippen molar-refractivity contribution >= 4 is 23.4 Å². The fraction of sp³-hybridized carbons (Fsp3) is 0.286. The Labute approximate surface area is 201 Å². The Bertz CT molecular complexity index is 1070. The molecule has 1 N–H and O–H groups in total. The van der Waals surface area contributed by atoms with Crippen molar-refractivity contribution in [3.05, 3.63) is 106 Å². The van der Waals surface area contributed by atoms with Gasteiger partial charge < -0.3 is 10.2 Å². The van der Waals surface area contributed by atoms with Gasteiger partial charge in [-0.05, 0) is 36.1 Å². The van der Waals surface area contributed by atoms with Gasteiger partial charge in [0.25, 0.3) is 0 Å². The summed E-state index contributed by atoms with van der Waals surface area (Å²) in [7, 11) is 0. The van der Waals surface area contributed by atoms with E-state index < -0.39 is 6.04 Å². The van der Waals surface area contributed by atoms with E-state index >= 15 is 0 Å². The summed E-state index contributed by atoms with van der Waals surface area (Å²) in [5, 5.41) is 3.55. The smallest absolute Gasteiger partial charge is 0.243 e. The van der Waals surface area contributed by atoms with Crippen LogP contribution in [-0.4, -0.2) is 29.3 Å². The Morgan fingerprint density at radius 1 is 0.939 bits per heavy atom. The molecule has 3 aromatic rings. The molecule has 0 saturated heterocycles. The molecule has 0 aromatic heterocycles. The van der Waals surface area contributed by atoms with Gasteiger partial charge in [-0.15, -0.1) is 0 Å². The number of benzene rings is 3. The number of nitrogens with zero attached hydrogens (tertiary/aromatic N) is 1. The third-order valence-electron chi connectivity index (χ3n) is 5.56. The average molecular weight is 463 g/mol. The predicted octanol–water partition coefficient (Wildman–Crippen LogP) is 5.36. The van der Waals surface area contributed by atoms with Crippen LogP contribution in [0.3, 0.4) is 0 Å². The molecule has 172 valence electrons. The second-order valence-electron chi connectivity index (χ2n) is 8.28. The van der Waals surface area contributed by atoms with Crippen LogP contribution in [0.5, 0.6) is 0 Å². The standard InChI is InChI=1S/C28H31ClN2O2/c1-3-16-30-28(33)26(18-22-11-5-4-6-12-22)31(20-23-13-9-10-21(2)17-23)27(32)19-24-14-7-8-15-25(24)29/h4-15,17,26H,3,16,18-20H2,1-2H3,(H,30,33). The van der Waals surface area contributed by atoms with Gasteiger partial charge in [-0.25, -0.2) is 0 Å². The average Bonchev–Trinajstić information content (AvgIpc) is 2.82. The fourth-order valence-electron chi connectivity index (χ4n) is 3.83. The van der Waals surface area contributed by atoms with E-state index in [-0.39, 0.29) is 18.2 Å². The lowest BCUT2D eigenvalue weighted by atomic mass is 10.0. The summed E-state index contributed by atoms with van der Waals surface area (Å²) in [6.45, 7) is 4.96. The topological polar surface area (TPSA) is 49.4 Å². The van der Waals surface area contributed by atoms with Crippen LogP contribution < -0.4 is 5.32 Å². The number of hydrogen-bond acceptors (Lipinski definition) is 2. The fourth-order valence-corrected chi connectivity index (χ4v) is 4.04. The second kappa shape index (κ2) is 12.2. The first-order chi connectivity index (χ1) is 16.0. The molecule has 3 rings (SSSR count). The third-order valence-corrected chi connectivity index (χ3v) is 5.92. The van der Waals surface area contributed by atoms with Crippen LogP contribution in [0.2, 0.25) is 5.02 Å². The number of carbonyl (C=O) groups excluding carboxylic acids is 2. The van der Waals surface area contributed by atoms with Gasteiger partial charge in [0.15, 0.2) is 0 Å². The molecular formula is C28H31ClN2O2. The van der Waals surface area contributed by atoms with E-state index in [2.05, 4.69) is 11.4 Å². The molecule has 1 unspecified atom stereocenters. The van der Waals surface area contributed by atoms with Crippen molar-refractivity contribution in [2.24, 2.45) is 0 Å². The molecule has 1 atom stereocenters. The van der Waals surface area contributed by atoms with Gasteiger partial charge in [0.05, 0.1) is 6.42 Å². The van der Waals surface area contributed by atoms with E-state index in [1.807, 2.05) is 80.6 Å². The molecule has 0 aliphatic rings. The maximum atomic E-state index is 13.7. The minimum Gasteiger partial charge on any atom is -0.354 e. The van der Waals surface area contributed by atoms with E-state index in [9.17, 15) is 9.59 Å². The molecule has 4 nitrogen and oxygen atoms in total. The summed E-state index contributed by atoms with van der Waals surface area (Å²) in [6, 6.07) is 24.6. The molecule has 0 spiro atoms. The quantitative estimate of drug-likeness (QED) is 0.441. The van der Waals surface area contributed by atoms with Crippen molar-refractivity contribution in [3.63, 3.8) is 0 Å². The number of aryl methyl sites for hydroxylation is 1. The Morgan fingerprint density at radius 2 is 1.64 bits per heavy atom. The molecule has 0 bridgehead atoms. The van der Waals surface area contributed by atoms with Crippen molar-refractivity contribution in [3.8, 4) is 0 Å². The minimum absolute atomic E-state index is 0.128. The maximum Gasteiger partial charge on any atom is 0.243 e. The summed E-state index contributed by atoms with van der Waals surface area (Å²) < 4.78 is 0. The first-order valence-corrected chi connectivity index (χ1v) is 11.8. The SMILES string of the molecule is CCCNC(=O)C(Cc1ccccc1)N(Cc1cccc(C)c1)C(=O)Cc1ccccc1Cl. The summed E-state index contributed by atoms with van der Waals surface area (Å²) >= 11 is 6.34. The highest BCUT2D eigenvalue weighted by molar-refractivity contribution is 6.31. The lowest BCUT2D eigenvalue weighted by Gasteiger charge is -2.32. The number of nitrogens with one attached hydrogen (secondary N) is 1. The Morgan fingerprint density at radius 3 is 2.33 bits per heavy atom. The third kappa shape index (κ3) is 7.19. The lowest BCUT2D eigenvalue weighted by Crippen LogP contribution is -2.51. The largest absolute Gasteiger partial charge is 0.354 e. The zero-order valence-corrected chi connectivity index (χ0v) is 20.0. The first kappa shape index (κ1) is 24.5. The predicted molar refractivity (Wildman–Crippen MR) is 134 cm³/mol. The van der Waals surface area contributed by atoms with Crippen molar-refractivity contribution in [2.75, 3.05) is 6.54 Å². The van der Waals surface area contributed by atoms with Gasteiger partial charge in [0.1, 0.15) is 6.04 Å². The van der Waals surface area contributed by atoms with Gasteiger partial charge in [-0.1, -0.05) is 96.9 Å². The van der Waals surface area contributed by atoms with E-state index in [4.69, 9.17) is 11.6 Å². The van der Waals surface area contributed by atoms with Crippen LogP contribution in [0.15, 0.2) is 78.9 Å². The van der Waals surface area contributed by atoms with Crippen LogP contribution in [-0.2, 0) is 29.0 Å². The van der Waals surface area contributed by atoms with Crippen molar-refractivity contribution in [1.82, 2.24) is 10.2 Å². The molecule has 5 heteroatoms. The molecule has 0 radical (unpaired) electrons. The summed E-state index contributed by atoms with van der Waals surface area (Å²) in [5.41, 5.74) is 3.87. The molecular weight excluding hydrogens is 432 g/mol.